The van der Waals surface area contributed by atoms with Gasteiger partial charge in [0.25, 0.3) is 0 Å². The molecule has 0 atom stereocenters. The third-order valence-electron chi connectivity index (χ3n) is 5.84. The second kappa shape index (κ2) is 11.9. The van der Waals surface area contributed by atoms with Gasteiger partial charge in [0.15, 0.2) is 0 Å². The molecule has 0 radical (unpaired) electrons. The van der Waals surface area contributed by atoms with E-state index >= 15 is 0 Å². The van der Waals surface area contributed by atoms with Crippen molar-refractivity contribution >= 4 is 24.8 Å². The molecule has 0 spiro atoms. The van der Waals surface area contributed by atoms with Crippen molar-refractivity contribution in [2.75, 3.05) is 44.5 Å². The molecule has 4 nitrogen and oxygen atoms in total. The van der Waals surface area contributed by atoms with Gasteiger partial charge in [-0.15, -0.1) is 0 Å². The van der Waals surface area contributed by atoms with E-state index in [1.54, 1.807) is 0 Å². The van der Waals surface area contributed by atoms with E-state index in [1.807, 2.05) is 18.2 Å². The molecule has 6 heteroatoms. The van der Waals surface area contributed by atoms with Gasteiger partial charge in [0.1, 0.15) is 0 Å². The fraction of sp³-hybridized carbons (Fsp3) is 0.591. The topological polar surface area (TPSA) is 61.4 Å². The third-order valence-corrected chi connectivity index (χ3v) is 11.3. The molecule has 1 heterocycles. The van der Waals surface area contributed by atoms with Crippen molar-refractivity contribution in [3.05, 3.63) is 46.5 Å². The number of amides is 1. The average Bonchev–Trinajstić information content (AvgIpc) is 2.70. The zero-order valence-corrected chi connectivity index (χ0v) is 18.9. The molecule has 1 fully saturated rings. The molecule has 2 rings (SSSR count). The Morgan fingerprint density at radius 1 is 1.32 bits per heavy atom. The molecule has 1 saturated heterocycles. The quantitative estimate of drug-likeness (QED) is 0.284. The van der Waals surface area contributed by atoms with Crippen molar-refractivity contribution in [1.82, 2.24) is 10.6 Å². The summed E-state index contributed by atoms with van der Waals surface area (Å²) in [5.74, 6) is -0.0515. The summed E-state index contributed by atoms with van der Waals surface area (Å²) in [6.07, 6.45) is 9.45. The van der Waals surface area contributed by atoms with Crippen molar-refractivity contribution in [2.45, 2.75) is 39.0 Å². The minimum atomic E-state index is -1.48. The van der Waals surface area contributed by atoms with Crippen molar-refractivity contribution in [3.8, 4) is 0 Å². The Hall–Kier alpha value is -0.930. The van der Waals surface area contributed by atoms with E-state index in [9.17, 15) is 4.79 Å². The molecule has 3 N–H and O–H groups in total. The Bertz CT molecular complexity index is 668. The van der Waals surface area contributed by atoms with Gasteiger partial charge in [-0.1, -0.05) is 0 Å². The number of halogens is 1. The summed E-state index contributed by atoms with van der Waals surface area (Å²) in [4.78, 5) is 12.8. The van der Waals surface area contributed by atoms with Crippen LogP contribution in [0.4, 0.5) is 0 Å². The number of hydrogen-bond acceptors (Lipinski definition) is 3. The van der Waals surface area contributed by atoms with E-state index in [0.29, 0.717) is 10.6 Å². The Balaban J connectivity index is 1.90. The molecule has 0 bridgehead atoms. The molecular weight excluding hydrogens is 391 g/mol. The molecular formula is C22H36ClN2O2P. The summed E-state index contributed by atoms with van der Waals surface area (Å²) in [5, 5.41) is 15.8. The van der Waals surface area contributed by atoms with Gasteiger partial charge >= 0.3 is 164 Å². The molecule has 0 saturated carbocycles. The second-order valence-corrected chi connectivity index (χ2v) is 13.4. The van der Waals surface area contributed by atoms with Gasteiger partial charge in [0.2, 0.25) is 0 Å². The van der Waals surface area contributed by atoms with E-state index in [-0.39, 0.29) is 12.5 Å². The van der Waals surface area contributed by atoms with Gasteiger partial charge in [-0.05, 0) is 0 Å². The van der Waals surface area contributed by atoms with E-state index in [4.69, 9.17) is 16.7 Å². The number of aliphatic hydroxyl groups is 1. The van der Waals surface area contributed by atoms with Crippen LogP contribution in [0.1, 0.15) is 48.5 Å². The number of benzene rings is 1. The molecule has 0 unspecified atom stereocenters. The molecule has 0 aliphatic carbocycles. The summed E-state index contributed by atoms with van der Waals surface area (Å²) in [7, 11) is -1.48. The van der Waals surface area contributed by atoms with E-state index in [2.05, 4.69) is 24.1 Å². The average molecular weight is 427 g/mol. The zero-order valence-electron chi connectivity index (χ0n) is 17.2. The van der Waals surface area contributed by atoms with E-state index < -0.39 is 7.26 Å². The van der Waals surface area contributed by atoms with Crippen molar-refractivity contribution in [1.29, 1.82) is 0 Å². The molecule has 28 heavy (non-hydrogen) atoms. The van der Waals surface area contributed by atoms with Crippen molar-refractivity contribution < 1.29 is 9.90 Å². The Labute approximate surface area is 175 Å². The summed E-state index contributed by atoms with van der Waals surface area (Å²) < 4.78 is 0. The van der Waals surface area contributed by atoms with Crippen LogP contribution < -0.4 is 10.6 Å². The normalized spacial score (nSPS) is 17.3. The van der Waals surface area contributed by atoms with Crippen molar-refractivity contribution in [3.63, 3.8) is 0 Å². The second-order valence-electron chi connectivity index (χ2n) is 8.06. The maximum atomic E-state index is 12.8. The monoisotopic (exact) mass is 426 g/mol. The molecule has 1 aromatic carbocycles. The first kappa shape index (κ1) is 23.3. The van der Waals surface area contributed by atoms with Gasteiger partial charge in [-0.3, -0.25) is 0 Å². The van der Waals surface area contributed by atoms with Gasteiger partial charge in [-0.2, -0.15) is 0 Å². The zero-order chi connectivity index (χ0) is 20.4. The predicted octanol–water partition coefficient (Wildman–Crippen LogP) is 4.05. The van der Waals surface area contributed by atoms with Gasteiger partial charge < -0.3 is 5.11 Å². The molecule has 1 amide bonds. The first-order valence-corrected chi connectivity index (χ1v) is 13.7. The molecule has 1 aliphatic heterocycles. The van der Waals surface area contributed by atoms with Crippen LogP contribution in [0.2, 0.25) is 5.02 Å². The predicted molar refractivity (Wildman–Crippen MR) is 124 cm³/mol. The fourth-order valence-corrected chi connectivity index (χ4v) is 8.24. The SMILES string of the molecule is C=C1CCC[PH](CC)(CNC(=O)c2cc(CCCNCCCO)ccc2Cl)C1. The summed E-state index contributed by atoms with van der Waals surface area (Å²) in [5.41, 5.74) is 3.08. The van der Waals surface area contributed by atoms with Crippen LogP contribution in [0.25, 0.3) is 0 Å². The molecule has 0 aromatic heterocycles. The van der Waals surface area contributed by atoms with E-state index in [1.165, 1.54) is 24.3 Å². The number of allylic oxidation sites excluding steroid dienone is 1. The number of nitrogens with one attached hydrogen (secondary N) is 2. The van der Waals surface area contributed by atoms with Crippen LogP contribution in [-0.4, -0.2) is 55.5 Å². The molecule has 158 valence electrons. The Kier molecular flexibility index (Phi) is 9.94. The van der Waals surface area contributed by atoms with Gasteiger partial charge in [0.05, 0.1) is 0 Å². The van der Waals surface area contributed by atoms with Crippen molar-refractivity contribution in [2.24, 2.45) is 0 Å². The first-order valence-electron chi connectivity index (χ1n) is 10.5. The minimum absolute atomic E-state index is 0.0515. The number of carbonyl (C=O) groups excluding carboxylic acids is 1. The Morgan fingerprint density at radius 2 is 2.11 bits per heavy atom. The summed E-state index contributed by atoms with van der Waals surface area (Å²) in [6.45, 7) is 8.42. The maximum absolute atomic E-state index is 12.8. The first-order chi connectivity index (χ1) is 13.5. The van der Waals surface area contributed by atoms with Gasteiger partial charge in [-0.25, -0.2) is 0 Å². The summed E-state index contributed by atoms with van der Waals surface area (Å²) >= 11 is 6.32. The van der Waals surface area contributed by atoms with Crippen LogP contribution in [0.5, 0.6) is 0 Å². The van der Waals surface area contributed by atoms with Crippen LogP contribution >= 0.6 is 18.9 Å². The summed E-state index contributed by atoms with van der Waals surface area (Å²) in [6, 6.07) is 5.77. The molecule has 1 aliphatic rings. The number of rotatable bonds is 11. The Morgan fingerprint density at radius 3 is 2.82 bits per heavy atom. The number of aryl methyl sites for hydroxylation is 1. The van der Waals surface area contributed by atoms with Crippen LogP contribution in [0, 0.1) is 0 Å². The van der Waals surface area contributed by atoms with Crippen LogP contribution in [0.3, 0.4) is 0 Å². The standard InChI is InChI=1S/C22H36ClN2O2P/c1-3-28(14-5-7-18(2)16-28)17-25-22(27)20-15-19(9-10-21(20)23)8-4-11-24-12-6-13-26/h9-10,15,24,26,28H,2-8,11-14,16-17H2,1H3,(H,25,27). The van der Waals surface area contributed by atoms with E-state index in [0.717, 1.165) is 56.8 Å². The number of aliphatic hydroxyl groups excluding tert-OH is 1. The molecule has 1 aromatic rings. The van der Waals surface area contributed by atoms with Crippen LogP contribution in [-0.2, 0) is 6.42 Å². The van der Waals surface area contributed by atoms with Gasteiger partial charge in [0, 0.05) is 6.61 Å². The fourth-order valence-electron chi connectivity index (χ4n) is 4.01. The van der Waals surface area contributed by atoms with Crippen LogP contribution in [0.15, 0.2) is 30.4 Å². The number of carbonyl (C=O) groups is 1. The number of hydrogen-bond donors (Lipinski definition) is 3. The third kappa shape index (κ3) is 7.15.